The van der Waals surface area contributed by atoms with Crippen molar-refractivity contribution in [3.63, 3.8) is 0 Å². The lowest BCUT2D eigenvalue weighted by Gasteiger charge is -2.46. The van der Waals surface area contributed by atoms with Gasteiger partial charge in [-0.2, -0.15) is 0 Å². The Kier molecular flexibility index (Phi) is 5.57. The Morgan fingerprint density at radius 1 is 0.457 bits per heavy atom. The molecule has 2 nitrogen and oxygen atoms in total. The molecule has 0 saturated heterocycles. The van der Waals surface area contributed by atoms with Crippen LogP contribution in [-0.2, 0) is 0 Å². The van der Waals surface area contributed by atoms with E-state index in [0.717, 1.165) is 0 Å². The number of nitrogens with zero attached hydrogens (tertiary/aromatic N) is 2. The summed E-state index contributed by atoms with van der Waals surface area (Å²) in [5.74, 6) is 0. The second-order valence-electron chi connectivity index (χ2n) is 12.1. The molecule has 10 rings (SSSR count). The van der Waals surface area contributed by atoms with Crippen molar-refractivity contribution in [2.75, 3.05) is 9.71 Å². The van der Waals surface area contributed by atoms with E-state index in [9.17, 15) is 0 Å². The van der Waals surface area contributed by atoms with Crippen LogP contribution in [0.25, 0.3) is 43.1 Å². The van der Waals surface area contributed by atoms with Crippen molar-refractivity contribution in [3.8, 4) is 22.3 Å². The molecule has 4 heteroatoms. The van der Waals surface area contributed by atoms with Gasteiger partial charge >= 0.3 is 6.85 Å². The summed E-state index contributed by atoms with van der Waals surface area (Å²) in [7, 11) is 0. The summed E-state index contributed by atoms with van der Waals surface area (Å²) in [6, 6.07) is 58.2. The van der Waals surface area contributed by atoms with Crippen LogP contribution in [0.2, 0.25) is 0 Å². The summed E-state index contributed by atoms with van der Waals surface area (Å²) < 4.78 is 1.29. The number of thiophene rings is 1. The minimum atomic E-state index is 0.00463. The van der Waals surface area contributed by atoms with Crippen LogP contribution in [0.3, 0.4) is 0 Å². The van der Waals surface area contributed by atoms with Crippen molar-refractivity contribution < 1.29 is 0 Å². The third-order valence-corrected chi connectivity index (χ3v) is 10.6. The Hall–Kier alpha value is -5.58. The van der Waals surface area contributed by atoms with E-state index >= 15 is 0 Å². The highest BCUT2D eigenvalue weighted by molar-refractivity contribution is 7.17. The van der Waals surface area contributed by atoms with Gasteiger partial charge in [-0.3, -0.25) is 0 Å². The highest BCUT2D eigenvalue weighted by Gasteiger charge is 2.45. The summed E-state index contributed by atoms with van der Waals surface area (Å²) in [5, 5.41) is 5.99. The Bertz CT molecular complexity index is 2460. The van der Waals surface area contributed by atoms with Crippen molar-refractivity contribution >= 4 is 78.4 Å². The lowest BCUT2D eigenvalue weighted by molar-refractivity contribution is 1.28. The zero-order valence-corrected chi connectivity index (χ0v) is 25.8. The van der Waals surface area contributed by atoms with Gasteiger partial charge in [0.15, 0.2) is 0 Å². The fourth-order valence-corrected chi connectivity index (χ4v) is 8.58. The van der Waals surface area contributed by atoms with Gasteiger partial charge in [-0.15, -0.1) is 11.3 Å². The molecule has 0 aliphatic carbocycles. The van der Waals surface area contributed by atoms with E-state index in [-0.39, 0.29) is 6.85 Å². The van der Waals surface area contributed by atoms with E-state index in [2.05, 4.69) is 173 Å². The Morgan fingerprint density at radius 2 is 1.15 bits per heavy atom. The van der Waals surface area contributed by atoms with E-state index < -0.39 is 0 Å². The van der Waals surface area contributed by atoms with Crippen LogP contribution in [0, 0.1) is 0 Å². The first-order chi connectivity index (χ1) is 22.8. The zero-order chi connectivity index (χ0) is 30.2. The second-order valence-corrected chi connectivity index (χ2v) is 13.1. The van der Waals surface area contributed by atoms with Gasteiger partial charge in [0.1, 0.15) is 0 Å². The molecule has 0 fully saturated rings. The van der Waals surface area contributed by atoms with Crippen LogP contribution in [0.4, 0.5) is 28.4 Å². The summed E-state index contributed by atoms with van der Waals surface area (Å²) in [5.41, 5.74) is 13.8. The average molecular weight is 603 g/mol. The molecule has 0 amide bonds. The second kappa shape index (κ2) is 9.97. The molecule has 0 radical (unpaired) electrons. The number of fused-ring (bicyclic) bond motifs is 6. The maximum Gasteiger partial charge on any atom is 0.333 e. The maximum absolute atomic E-state index is 2.60. The summed E-state index contributed by atoms with van der Waals surface area (Å²) >= 11 is 1.81. The molecule has 1 aromatic heterocycles. The van der Waals surface area contributed by atoms with Gasteiger partial charge in [-0.05, 0) is 80.7 Å². The molecule has 46 heavy (non-hydrogen) atoms. The van der Waals surface area contributed by atoms with Crippen molar-refractivity contribution in [3.05, 3.63) is 163 Å². The molecule has 0 bridgehead atoms. The average Bonchev–Trinajstić information content (AvgIpc) is 3.59. The molecule has 3 heterocycles. The fraction of sp³-hybridized carbons (Fsp3) is 0. The first kappa shape index (κ1) is 25.7. The number of anilines is 5. The topological polar surface area (TPSA) is 6.48 Å². The minimum Gasteiger partial charge on any atom is -0.376 e. The molecule has 2 aliphatic heterocycles. The van der Waals surface area contributed by atoms with E-state index in [1.807, 2.05) is 0 Å². The van der Waals surface area contributed by atoms with Gasteiger partial charge in [0, 0.05) is 44.0 Å². The van der Waals surface area contributed by atoms with E-state index in [4.69, 9.17) is 0 Å². The maximum atomic E-state index is 2.60. The normalized spacial score (nSPS) is 13.1. The summed E-state index contributed by atoms with van der Waals surface area (Å²) in [6.45, 7) is 0.00463. The van der Waals surface area contributed by atoms with E-state index in [1.165, 1.54) is 82.5 Å². The number of para-hydroxylation sites is 2. The molecule has 0 spiro atoms. The van der Waals surface area contributed by atoms with Gasteiger partial charge in [0.2, 0.25) is 0 Å². The van der Waals surface area contributed by atoms with Gasteiger partial charge in [-0.25, -0.2) is 0 Å². The molecule has 7 aromatic carbocycles. The highest BCUT2D eigenvalue weighted by atomic mass is 32.1. The first-order valence-corrected chi connectivity index (χ1v) is 16.7. The van der Waals surface area contributed by atoms with Crippen LogP contribution in [0.15, 0.2) is 163 Å². The third kappa shape index (κ3) is 3.65. The molecule has 0 N–H and O–H groups in total. The van der Waals surface area contributed by atoms with Crippen LogP contribution < -0.4 is 20.6 Å². The third-order valence-electron chi connectivity index (χ3n) is 9.70. The Morgan fingerprint density at radius 3 is 2.09 bits per heavy atom. The number of hydrogen-bond acceptors (Lipinski definition) is 3. The van der Waals surface area contributed by atoms with Crippen molar-refractivity contribution in [2.24, 2.45) is 0 Å². The van der Waals surface area contributed by atoms with Gasteiger partial charge in [-0.1, -0.05) is 115 Å². The zero-order valence-electron chi connectivity index (χ0n) is 25.0. The first-order valence-electron chi connectivity index (χ1n) is 15.8. The molecular formula is C42H27BN2S. The molecule has 2 aliphatic rings. The van der Waals surface area contributed by atoms with Crippen molar-refractivity contribution in [2.45, 2.75) is 0 Å². The smallest absolute Gasteiger partial charge is 0.333 e. The molecule has 0 saturated carbocycles. The van der Waals surface area contributed by atoms with Crippen molar-refractivity contribution in [1.82, 2.24) is 0 Å². The van der Waals surface area contributed by atoms with Crippen molar-refractivity contribution in [1.29, 1.82) is 0 Å². The predicted octanol–water partition coefficient (Wildman–Crippen LogP) is 10.4. The van der Waals surface area contributed by atoms with Gasteiger partial charge in [0.25, 0.3) is 0 Å². The lowest BCUT2D eigenvalue weighted by Crippen LogP contribution is -2.61. The predicted molar refractivity (Wildman–Crippen MR) is 198 cm³/mol. The number of rotatable bonds is 3. The summed E-state index contributed by atoms with van der Waals surface area (Å²) in [6.07, 6.45) is 0. The van der Waals surface area contributed by atoms with E-state index in [1.54, 1.807) is 11.3 Å². The lowest BCUT2D eigenvalue weighted by atomic mass is 9.43. The Balaban J connectivity index is 1.31. The fourth-order valence-electron chi connectivity index (χ4n) is 7.78. The van der Waals surface area contributed by atoms with Gasteiger partial charge in [0.05, 0.1) is 5.69 Å². The quantitative estimate of drug-likeness (QED) is 0.186. The number of benzene rings is 7. The van der Waals surface area contributed by atoms with E-state index in [0.29, 0.717) is 0 Å². The minimum absolute atomic E-state index is 0.00463. The van der Waals surface area contributed by atoms with Gasteiger partial charge < -0.3 is 9.71 Å². The summed E-state index contributed by atoms with van der Waals surface area (Å²) in [4.78, 5) is 5.13. The largest absolute Gasteiger partial charge is 0.376 e. The number of hydrogen-bond donors (Lipinski definition) is 0. The Labute approximate surface area is 272 Å². The molecule has 0 unspecified atom stereocenters. The monoisotopic (exact) mass is 602 g/mol. The molecule has 0 atom stereocenters. The van der Waals surface area contributed by atoms with Crippen LogP contribution in [-0.4, -0.2) is 6.85 Å². The standard InChI is InChI=1S/C42H27BN2S/c1-2-12-29(13-3-1)34-26-30-24-25-46-41(30)27-40(34)44-38-21-9-7-19-35(38)43-42-33(18-11-23-39(42)44)32-17-6-8-20-37(32)45(43)36-22-10-15-28-14-4-5-16-31(28)36/h1-27H. The SMILES string of the molecule is c1ccc(-c2cc3ccsc3cc2N2c3ccccc3B3c4c(cccc42)-c2ccccc2N3c2cccc3ccccc23)cc1. The van der Waals surface area contributed by atoms with Crippen LogP contribution >= 0.6 is 11.3 Å². The molecule has 214 valence electrons. The molecule has 8 aromatic rings. The van der Waals surface area contributed by atoms with Crippen LogP contribution in [0.5, 0.6) is 0 Å². The highest BCUT2D eigenvalue weighted by Crippen LogP contribution is 2.49. The van der Waals surface area contributed by atoms with Crippen LogP contribution in [0.1, 0.15) is 0 Å². The molecular weight excluding hydrogens is 575 g/mol.